The van der Waals surface area contributed by atoms with E-state index in [4.69, 9.17) is 33.3 Å². The fourth-order valence-corrected chi connectivity index (χ4v) is 4.32. The first-order valence-corrected chi connectivity index (χ1v) is 10.0. The Morgan fingerprint density at radius 1 is 1.31 bits per heavy atom. The number of thioether (sulfide) groups is 1. The number of amides is 1. The van der Waals surface area contributed by atoms with Gasteiger partial charge >= 0.3 is 0 Å². The Labute approximate surface area is 182 Å². The summed E-state index contributed by atoms with van der Waals surface area (Å²) >= 11 is 12.3. The molecule has 29 heavy (non-hydrogen) atoms. The molecule has 1 amide bonds. The Balaban J connectivity index is 1.89. The van der Waals surface area contributed by atoms with Gasteiger partial charge in [0.05, 0.1) is 18.2 Å². The van der Waals surface area contributed by atoms with Crippen molar-refractivity contribution in [2.75, 3.05) is 7.11 Å². The standard InChI is InChI=1S/C19H17ClFN3O3S2/c1-19(2,3)24-16(25)14(29-18(24)28)8-10-5-6-12(13(7-10)26-4)27-15-11(21)9-22-17(20)23-15/h5-9H,1-4H3/b14-8+. The van der Waals surface area contributed by atoms with Crippen molar-refractivity contribution < 1.29 is 18.7 Å². The number of nitrogens with zero attached hydrogens (tertiary/aromatic N) is 3. The van der Waals surface area contributed by atoms with Crippen LogP contribution in [-0.2, 0) is 4.79 Å². The second-order valence-corrected chi connectivity index (χ2v) is 9.01. The van der Waals surface area contributed by atoms with Gasteiger partial charge in [0, 0.05) is 5.54 Å². The number of hydrogen-bond acceptors (Lipinski definition) is 7. The first-order valence-electron chi connectivity index (χ1n) is 8.42. The van der Waals surface area contributed by atoms with E-state index >= 15 is 0 Å². The molecule has 1 aromatic heterocycles. The molecule has 1 saturated heterocycles. The smallest absolute Gasteiger partial charge is 0.266 e. The number of carbonyl (C=O) groups is 1. The number of halogens is 2. The van der Waals surface area contributed by atoms with Gasteiger partial charge in [-0.3, -0.25) is 9.69 Å². The van der Waals surface area contributed by atoms with Gasteiger partial charge < -0.3 is 9.47 Å². The number of hydrogen-bond donors (Lipinski definition) is 0. The molecule has 0 saturated carbocycles. The van der Waals surface area contributed by atoms with E-state index in [9.17, 15) is 9.18 Å². The van der Waals surface area contributed by atoms with Crippen molar-refractivity contribution >= 4 is 51.9 Å². The van der Waals surface area contributed by atoms with Crippen LogP contribution in [0.4, 0.5) is 4.39 Å². The van der Waals surface area contributed by atoms with Crippen molar-refractivity contribution in [3.63, 3.8) is 0 Å². The minimum atomic E-state index is -0.758. The molecule has 0 N–H and O–H groups in total. The van der Waals surface area contributed by atoms with Crippen LogP contribution in [0.2, 0.25) is 5.28 Å². The SMILES string of the molecule is COc1cc(/C=C2/SC(=S)N(C(C)(C)C)C2=O)ccc1Oc1nc(Cl)ncc1F. The summed E-state index contributed by atoms with van der Waals surface area (Å²) in [7, 11) is 1.45. The molecule has 3 rings (SSSR count). The van der Waals surface area contributed by atoms with Crippen molar-refractivity contribution in [1.82, 2.24) is 14.9 Å². The van der Waals surface area contributed by atoms with Crippen LogP contribution in [0.15, 0.2) is 29.3 Å². The van der Waals surface area contributed by atoms with Crippen LogP contribution in [0, 0.1) is 5.82 Å². The van der Waals surface area contributed by atoms with Gasteiger partial charge in [0.1, 0.15) is 4.32 Å². The van der Waals surface area contributed by atoms with Gasteiger partial charge in [-0.2, -0.15) is 9.37 Å². The molecular weight excluding hydrogens is 437 g/mol. The van der Waals surface area contributed by atoms with Crippen LogP contribution in [0.25, 0.3) is 6.08 Å². The zero-order valence-corrected chi connectivity index (χ0v) is 18.4. The molecule has 10 heteroatoms. The Bertz CT molecular complexity index is 1020. The lowest BCUT2D eigenvalue weighted by Gasteiger charge is -2.30. The lowest BCUT2D eigenvalue weighted by Crippen LogP contribution is -2.44. The topological polar surface area (TPSA) is 64.5 Å². The van der Waals surface area contributed by atoms with Gasteiger partial charge in [0.15, 0.2) is 11.5 Å². The second-order valence-electron chi connectivity index (χ2n) is 6.99. The number of rotatable bonds is 4. The van der Waals surface area contributed by atoms with Crippen molar-refractivity contribution in [2.24, 2.45) is 0 Å². The number of aromatic nitrogens is 2. The third-order valence-corrected chi connectivity index (χ3v) is 5.32. The van der Waals surface area contributed by atoms with Crippen LogP contribution >= 0.6 is 35.6 Å². The molecule has 1 aromatic carbocycles. The first-order chi connectivity index (χ1) is 13.6. The van der Waals surface area contributed by atoms with Crippen LogP contribution in [0.5, 0.6) is 17.4 Å². The molecule has 152 valence electrons. The maximum atomic E-state index is 13.8. The van der Waals surface area contributed by atoms with E-state index in [1.54, 1.807) is 29.2 Å². The molecule has 1 aliphatic rings. The lowest BCUT2D eigenvalue weighted by molar-refractivity contribution is -0.125. The predicted octanol–water partition coefficient (Wildman–Crippen LogP) is 5.07. The highest BCUT2D eigenvalue weighted by atomic mass is 35.5. The van der Waals surface area contributed by atoms with Crippen molar-refractivity contribution in [2.45, 2.75) is 26.3 Å². The average Bonchev–Trinajstić information content (AvgIpc) is 2.92. The molecular formula is C19H17ClFN3O3S2. The van der Waals surface area contributed by atoms with Gasteiger partial charge in [0.25, 0.3) is 11.8 Å². The zero-order valence-electron chi connectivity index (χ0n) is 16.0. The summed E-state index contributed by atoms with van der Waals surface area (Å²) in [6.45, 7) is 5.77. The quantitative estimate of drug-likeness (QED) is 0.363. The van der Waals surface area contributed by atoms with Gasteiger partial charge in [-0.15, -0.1) is 0 Å². The summed E-state index contributed by atoms with van der Waals surface area (Å²) in [6.07, 6.45) is 2.64. The van der Waals surface area contributed by atoms with Gasteiger partial charge in [-0.05, 0) is 56.1 Å². The third kappa shape index (κ3) is 4.68. The zero-order chi connectivity index (χ0) is 21.3. The van der Waals surface area contributed by atoms with Crippen LogP contribution in [0.1, 0.15) is 26.3 Å². The molecule has 0 aliphatic carbocycles. The van der Waals surface area contributed by atoms with E-state index in [1.165, 1.54) is 18.9 Å². The maximum absolute atomic E-state index is 13.8. The third-order valence-electron chi connectivity index (χ3n) is 3.84. The summed E-state index contributed by atoms with van der Waals surface area (Å²) in [4.78, 5) is 22.1. The van der Waals surface area contributed by atoms with E-state index in [1.807, 2.05) is 20.8 Å². The minimum Gasteiger partial charge on any atom is -0.493 e. The Hall–Kier alpha value is -2.23. The molecule has 2 heterocycles. The number of benzene rings is 1. The molecule has 0 atom stereocenters. The van der Waals surface area contributed by atoms with Crippen molar-refractivity contribution in [3.8, 4) is 17.4 Å². The largest absolute Gasteiger partial charge is 0.493 e. The van der Waals surface area contributed by atoms with Crippen LogP contribution in [-0.4, -0.2) is 37.7 Å². The van der Waals surface area contributed by atoms with Crippen molar-refractivity contribution in [3.05, 3.63) is 46.0 Å². The van der Waals surface area contributed by atoms with Crippen molar-refractivity contribution in [1.29, 1.82) is 0 Å². The Kier molecular flexibility index (Phi) is 6.11. The van der Waals surface area contributed by atoms with Crippen LogP contribution in [0.3, 0.4) is 0 Å². The van der Waals surface area contributed by atoms with E-state index in [2.05, 4.69) is 9.97 Å². The highest BCUT2D eigenvalue weighted by molar-refractivity contribution is 8.26. The predicted molar refractivity (Wildman–Crippen MR) is 115 cm³/mol. The van der Waals surface area contributed by atoms with E-state index in [0.29, 0.717) is 20.5 Å². The summed E-state index contributed by atoms with van der Waals surface area (Å²) in [5.74, 6) is -0.655. The number of carbonyl (C=O) groups excluding carboxylic acids is 1. The number of ether oxygens (including phenoxy) is 2. The molecule has 0 unspecified atom stereocenters. The molecule has 0 spiro atoms. The minimum absolute atomic E-state index is 0.141. The number of methoxy groups -OCH3 is 1. The molecule has 0 radical (unpaired) electrons. The summed E-state index contributed by atoms with van der Waals surface area (Å²) in [6, 6.07) is 4.96. The van der Waals surface area contributed by atoms with Gasteiger partial charge in [0.2, 0.25) is 11.1 Å². The average molecular weight is 454 g/mol. The van der Waals surface area contributed by atoms with Gasteiger partial charge in [-0.25, -0.2) is 4.98 Å². The second kappa shape index (κ2) is 8.25. The summed E-state index contributed by atoms with van der Waals surface area (Å²) in [5.41, 5.74) is 0.291. The van der Waals surface area contributed by atoms with Crippen LogP contribution < -0.4 is 9.47 Å². The first kappa shape index (κ1) is 21.5. The maximum Gasteiger partial charge on any atom is 0.266 e. The van der Waals surface area contributed by atoms with E-state index in [0.717, 1.165) is 6.20 Å². The molecule has 2 aromatic rings. The van der Waals surface area contributed by atoms with E-state index < -0.39 is 11.4 Å². The van der Waals surface area contributed by atoms with Gasteiger partial charge in [-0.1, -0.05) is 30.0 Å². The summed E-state index contributed by atoms with van der Waals surface area (Å²) in [5, 5.41) is -0.141. The monoisotopic (exact) mass is 453 g/mol. The fraction of sp³-hybridized carbons (Fsp3) is 0.263. The highest BCUT2D eigenvalue weighted by Gasteiger charge is 2.39. The normalized spacial score (nSPS) is 15.9. The Morgan fingerprint density at radius 2 is 2.03 bits per heavy atom. The molecule has 1 fully saturated rings. The molecule has 6 nitrogen and oxygen atoms in total. The fourth-order valence-electron chi connectivity index (χ4n) is 2.56. The Morgan fingerprint density at radius 3 is 2.66 bits per heavy atom. The highest BCUT2D eigenvalue weighted by Crippen LogP contribution is 2.38. The van der Waals surface area contributed by atoms with E-state index in [-0.39, 0.29) is 22.8 Å². The summed E-state index contributed by atoms with van der Waals surface area (Å²) < 4.78 is 25.2. The number of thiocarbonyl (C=S) groups is 1. The molecule has 1 aliphatic heterocycles. The molecule has 0 bridgehead atoms. The lowest BCUT2D eigenvalue weighted by atomic mass is 10.1.